The molecular formula is C15H24N2O. The van der Waals surface area contributed by atoms with Crippen LogP contribution in [0.15, 0.2) is 24.3 Å². The Kier molecular flexibility index (Phi) is 4.88. The minimum Gasteiger partial charge on any atom is -0.397 e. The molecule has 0 amide bonds. The van der Waals surface area contributed by atoms with Crippen molar-refractivity contribution in [1.82, 2.24) is 0 Å². The van der Waals surface area contributed by atoms with Crippen LogP contribution in [0, 0.1) is 0 Å². The standard InChI is InChI=1S/C15H24N2O/c1-2-10-17(11-9-13-6-5-12-18-13)15-8-4-3-7-14(15)16/h3-4,7-8,13H,2,5-6,9-12,16H2,1H3. The quantitative estimate of drug-likeness (QED) is 0.786. The van der Waals surface area contributed by atoms with E-state index in [1.165, 1.54) is 12.8 Å². The summed E-state index contributed by atoms with van der Waals surface area (Å²) >= 11 is 0. The van der Waals surface area contributed by atoms with Crippen molar-refractivity contribution < 1.29 is 4.74 Å². The third kappa shape index (κ3) is 3.39. The zero-order chi connectivity index (χ0) is 12.8. The number of para-hydroxylation sites is 2. The molecule has 0 bridgehead atoms. The van der Waals surface area contributed by atoms with Crippen molar-refractivity contribution in [1.29, 1.82) is 0 Å². The van der Waals surface area contributed by atoms with Gasteiger partial charge < -0.3 is 15.4 Å². The smallest absolute Gasteiger partial charge is 0.0599 e. The molecule has 1 saturated heterocycles. The minimum absolute atomic E-state index is 0.453. The molecule has 1 heterocycles. The van der Waals surface area contributed by atoms with Gasteiger partial charge in [-0.15, -0.1) is 0 Å². The van der Waals surface area contributed by atoms with Crippen molar-refractivity contribution in [2.45, 2.75) is 38.7 Å². The highest BCUT2D eigenvalue weighted by atomic mass is 16.5. The fraction of sp³-hybridized carbons (Fsp3) is 0.600. The topological polar surface area (TPSA) is 38.5 Å². The number of hydrogen-bond donors (Lipinski definition) is 1. The maximum atomic E-state index is 6.06. The fourth-order valence-corrected chi connectivity index (χ4v) is 2.57. The lowest BCUT2D eigenvalue weighted by Crippen LogP contribution is -2.28. The van der Waals surface area contributed by atoms with E-state index >= 15 is 0 Å². The summed E-state index contributed by atoms with van der Waals surface area (Å²) in [4.78, 5) is 2.39. The maximum absolute atomic E-state index is 6.06. The molecule has 1 aliphatic rings. The van der Waals surface area contributed by atoms with E-state index in [-0.39, 0.29) is 0 Å². The third-order valence-corrected chi connectivity index (χ3v) is 3.52. The van der Waals surface area contributed by atoms with Crippen LogP contribution in [0.4, 0.5) is 11.4 Å². The highest BCUT2D eigenvalue weighted by Crippen LogP contribution is 2.24. The normalized spacial score (nSPS) is 19.1. The van der Waals surface area contributed by atoms with Gasteiger partial charge in [-0.05, 0) is 37.8 Å². The van der Waals surface area contributed by atoms with E-state index in [4.69, 9.17) is 10.5 Å². The molecule has 3 nitrogen and oxygen atoms in total. The Bertz CT molecular complexity index is 361. The predicted octanol–water partition coefficient (Wildman–Crippen LogP) is 3.05. The van der Waals surface area contributed by atoms with Crippen LogP contribution in [0.25, 0.3) is 0 Å². The molecule has 1 unspecified atom stereocenters. The summed E-state index contributed by atoms with van der Waals surface area (Å²) in [7, 11) is 0. The maximum Gasteiger partial charge on any atom is 0.0599 e. The average molecular weight is 248 g/mol. The van der Waals surface area contributed by atoms with Crippen LogP contribution in [0.5, 0.6) is 0 Å². The molecule has 100 valence electrons. The summed E-state index contributed by atoms with van der Waals surface area (Å²) in [5.41, 5.74) is 8.10. The number of benzene rings is 1. The van der Waals surface area contributed by atoms with Crippen LogP contribution in [-0.2, 0) is 4.74 Å². The molecule has 1 aromatic carbocycles. The number of anilines is 2. The average Bonchev–Trinajstić information content (AvgIpc) is 2.88. The van der Waals surface area contributed by atoms with Crippen molar-refractivity contribution in [2.24, 2.45) is 0 Å². The molecule has 1 aliphatic heterocycles. The van der Waals surface area contributed by atoms with Crippen molar-refractivity contribution in [2.75, 3.05) is 30.3 Å². The number of nitrogens with two attached hydrogens (primary N) is 1. The Balaban J connectivity index is 1.96. The van der Waals surface area contributed by atoms with Crippen molar-refractivity contribution in [3.63, 3.8) is 0 Å². The van der Waals surface area contributed by atoms with E-state index < -0.39 is 0 Å². The summed E-state index contributed by atoms with van der Waals surface area (Å²) < 4.78 is 5.69. The lowest BCUT2D eigenvalue weighted by molar-refractivity contribution is 0.105. The first-order chi connectivity index (χ1) is 8.81. The number of rotatable bonds is 6. The number of nitrogens with zero attached hydrogens (tertiary/aromatic N) is 1. The molecule has 18 heavy (non-hydrogen) atoms. The second-order valence-corrected chi connectivity index (χ2v) is 4.97. The molecule has 0 aromatic heterocycles. The van der Waals surface area contributed by atoms with E-state index in [1.807, 2.05) is 12.1 Å². The molecule has 2 rings (SSSR count). The SMILES string of the molecule is CCCN(CCC1CCCO1)c1ccccc1N. The zero-order valence-corrected chi connectivity index (χ0v) is 11.3. The summed E-state index contributed by atoms with van der Waals surface area (Å²) in [6.07, 6.45) is 5.12. The number of hydrogen-bond acceptors (Lipinski definition) is 3. The van der Waals surface area contributed by atoms with Gasteiger partial charge in [-0.1, -0.05) is 19.1 Å². The van der Waals surface area contributed by atoms with E-state index in [1.54, 1.807) is 0 Å². The van der Waals surface area contributed by atoms with E-state index in [2.05, 4.69) is 24.0 Å². The van der Waals surface area contributed by atoms with E-state index in [9.17, 15) is 0 Å². The van der Waals surface area contributed by atoms with Gasteiger partial charge in [0.1, 0.15) is 0 Å². The van der Waals surface area contributed by atoms with Gasteiger partial charge in [-0.25, -0.2) is 0 Å². The first-order valence-electron chi connectivity index (χ1n) is 7.02. The lowest BCUT2D eigenvalue weighted by Gasteiger charge is -2.26. The Morgan fingerprint density at radius 1 is 1.33 bits per heavy atom. The summed E-state index contributed by atoms with van der Waals surface area (Å²) in [5, 5.41) is 0. The fourth-order valence-electron chi connectivity index (χ4n) is 2.57. The Morgan fingerprint density at radius 3 is 2.83 bits per heavy atom. The van der Waals surface area contributed by atoms with Crippen LogP contribution in [0.1, 0.15) is 32.6 Å². The van der Waals surface area contributed by atoms with Crippen LogP contribution in [0.2, 0.25) is 0 Å². The van der Waals surface area contributed by atoms with Gasteiger partial charge in [0.05, 0.1) is 17.5 Å². The largest absolute Gasteiger partial charge is 0.397 e. The Hall–Kier alpha value is -1.22. The van der Waals surface area contributed by atoms with Gasteiger partial charge in [0.25, 0.3) is 0 Å². The summed E-state index contributed by atoms with van der Waals surface area (Å²) in [5.74, 6) is 0. The van der Waals surface area contributed by atoms with E-state index in [0.29, 0.717) is 6.10 Å². The molecular weight excluding hydrogens is 224 g/mol. The van der Waals surface area contributed by atoms with Crippen molar-refractivity contribution >= 4 is 11.4 Å². The Labute approximate surface area is 110 Å². The molecule has 1 atom stereocenters. The predicted molar refractivity (Wildman–Crippen MR) is 76.9 cm³/mol. The van der Waals surface area contributed by atoms with Crippen LogP contribution in [-0.4, -0.2) is 25.8 Å². The molecule has 0 aliphatic carbocycles. The van der Waals surface area contributed by atoms with Crippen LogP contribution in [0.3, 0.4) is 0 Å². The minimum atomic E-state index is 0.453. The Morgan fingerprint density at radius 2 is 2.17 bits per heavy atom. The first kappa shape index (κ1) is 13.2. The number of ether oxygens (including phenoxy) is 1. The first-order valence-corrected chi connectivity index (χ1v) is 7.02. The molecule has 1 fully saturated rings. The van der Waals surface area contributed by atoms with E-state index in [0.717, 1.165) is 43.9 Å². The van der Waals surface area contributed by atoms with Gasteiger partial charge in [-0.2, -0.15) is 0 Å². The highest BCUT2D eigenvalue weighted by Gasteiger charge is 2.17. The zero-order valence-electron chi connectivity index (χ0n) is 11.3. The molecule has 0 radical (unpaired) electrons. The number of nitrogen functional groups attached to an aromatic ring is 1. The highest BCUT2D eigenvalue weighted by molar-refractivity contribution is 5.67. The lowest BCUT2D eigenvalue weighted by atomic mass is 10.1. The van der Waals surface area contributed by atoms with Gasteiger partial charge in [-0.3, -0.25) is 0 Å². The molecule has 3 heteroatoms. The molecule has 0 spiro atoms. The summed E-state index contributed by atoms with van der Waals surface area (Å²) in [6.45, 7) is 5.23. The monoisotopic (exact) mass is 248 g/mol. The van der Waals surface area contributed by atoms with Crippen LogP contribution >= 0.6 is 0 Å². The van der Waals surface area contributed by atoms with Gasteiger partial charge in [0, 0.05) is 19.7 Å². The van der Waals surface area contributed by atoms with Gasteiger partial charge in [0.2, 0.25) is 0 Å². The molecule has 0 saturated carbocycles. The second-order valence-electron chi connectivity index (χ2n) is 4.97. The van der Waals surface area contributed by atoms with Crippen molar-refractivity contribution in [3.8, 4) is 0 Å². The van der Waals surface area contributed by atoms with Crippen LogP contribution < -0.4 is 10.6 Å². The van der Waals surface area contributed by atoms with Gasteiger partial charge >= 0.3 is 0 Å². The second kappa shape index (κ2) is 6.64. The van der Waals surface area contributed by atoms with Gasteiger partial charge in [0.15, 0.2) is 0 Å². The summed E-state index contributed by atoms with van der Waals surface area (Å²) in [6, 6.07) is 8.13. The van der Waals surface area contributed by atoms with Crippen molar-refractivity contribution in [3.05, 3.63) is 24.3 Å². The molecule has 2 N–H and O–H groups in total. The molecule has 1 aromatic rings. The third-order valence-electron chi connectivity index (χ3n) is 3.52.